The first kappa shape index (κ1) is 13.7. The van der Waals surface area contributed by atoms with Gasteiger partial charge in [0.05, 0.1) is 5.56 Å². The number of hydrogen-bond donors (Lipinski definition) is 0. The average molecular weight is 350 g/mol. The molecule has 0 aliphatic heterocycles. The van der Waals surface area contributed by atoms with E-state index in [9.17, 15) is 22.0 Å². The highest BCUT2D eigenvalue weighted by atomic mass is 127. The quantitative estimate of drug-likeness (QED) is 0.410. The maximum atomic E-state index is 13.0. The Morgan fingerprint density at radius 3 is 1.88 bits per heavy atom. The largest absolute Gasteiger partial charge is 0.416 e. The number of halogens is 6. The molecule has 16 heavy (non-hydrogen) atoms. The standard InChI is InChI=1S/C10H8F5I/c1-2-6-3-7(9(11,12)13)5-8(4-6)10(14,15)16/h3-5H,2H2,1H3. The summed E-state index contributed by atoms with van der Waals surface area (Å²) in [6.07, 6.45) is -4.31. The lowest BCUT2D eigenvalue weighted by molar-refractivity contribution is -0.137. The van der Waals surface area contributed by atoms with E-state index in [4.69, 9.17) is 0 Å². The maximum absolute atomic E-state index is 13.0. The van der Waals surface area contributed by atoms with Crippen molar-refractivity contribution in [1.82, 2.24) is 0 Å². The van der Waals surface area contributed by atoms with Crippen molar-refractivity contribution in [2.24, 2.45) is 0 Å². The van der Waals surface area contributed by atoms with E-state index < -0.39 is 21.2 Å². The molecule has 0 bridgehead atoms. The number of alkyl halides is 6. The van der Waals surface area contributed by atoms with Gasteiger partial charge in [-0.2, -0.15) is 22.0 Å². The van der Waals surface area contributed by atoms with E-state index in [1.54, 1.807) is 6.92 Å². The Labute approximate surface area is 103 Å². The summed E-state index contributed by atoms with van der Waals surface area (Å²) in [7, 11) is 0. The van der Waals surface area contributed by atoms with Crippen LogP contribution >= 0.6 is 22.6 Å². The zero-order chi connectivity index (χ0) is 12.6. The van der Waals surface area contributed by atoms with Crippen LogP contribution in [-0.2, 0) is 16.5 Å². The molecule has 1 aromatic carbocycles. The summed E-state index contributed by atoms with van der Waals surface area (Å²) in [6.45, 7) is 1.62. The van der Waals surface area contributed by atoms with E-state index in [2.05, 4.69) is 0 Å². The zero-order valence-electron chi connectivity index (χ0n) is 8.21. The Kier molecular flexibility index (Phi) is 3.81. The van der Waals surface area contributed by atoms with Crippen LogP contribution in [0.25, 0.3) is 0 Å². The molecule has 0 nitrogen and oxygen atoms in total. The van der Waals surface area contributed by atoms with Crippen LogP contribution in [0.3, 0.4) is 0 Å². The third-order valence-corrected chi connectivity index (χ3v) is 2.68. The first-order valence-electron chi connectivity index (χ1n) is 4.43. The summed E-state index contributed by atoms with van der Waals surface area (Å²) in [5.74, 6) is 0. The lowest BCUT2D eigenvalue weighted by atomic mass is 10.0. The second kappa shape index (κ2) is 4.46. The fourth-order valence-corrected chi connectivity index (χ4v) is 1.53. The van der Waals surface area contributed by atoms with Gasteiger partial charge in [-0.1, -0.05) is 6.92 Å². The SMILES string of the molecule is CCc1cc(C(F)(F)F)cc(C(F)(F)I)c1. The number of aryl methyl sites for hydroxylation is 1. The summed E-state index contributed by atoms with van der Waals surface area (Å²) < 4.78 is 59.9. The molecule has 1 rings (SSSR count). The van der Waals surface area contributed by atoms with Crippen molar-refractivity contribution >= 4 is 22.6 Å². The predicted molar refractivity (Wildman–Crippen MR) is 58.7 cm³/mol. The molecule has 0 amide bonds. The number of hydrogen-bond acceptors (Lipinski definition) is 0. The lowest BCUT2D eigenvalue weighted by Gasteiger charge is -2.14. The second-order valence-corrected chi connectivity index (χ2v) is 4.62. The summed E-state index contributed by atoms with van der Waals surface area (Å²) in [5, 5.41) is 0. The van der Waals surface area contributed by atoms with Crippen LogP contribution in [0.15, 0.2) is 18.2 Å². The van der Waals surface area contributed by atoms with E-state index >= 15 is 0 Å². The van der Waals surface area contributed by atoms with Crippen molar-refractivity contribution in [3.05, 3.63) is 34.9 Å². The van der Waals surface area contributed by atoms with Gasteiger partial charge in [-0.25, -0.2) is 0 Å². The molecule has 0 atom stereocenters. The van der Waals surface area contributed by atoms with Gasteiger partial charge in [0.1, 0.15) is 0 Å². The van der Waals surface area contributed by atoms with Gasteiger partial charge in [0.2, 0.25) is 0 Å². The molecule has 0 aliphatic rings. The van der Waals surface area contributed by atoms with Crippen LogP contribution < -0.4 is 0 Å². The van der Waals surface area contributed by atoms with Gasteiger partial charge in [-0.15, -0.1) is 0 Å². The minimum atomic E-state index is -4.60. The highest BCUT2D eigenvalue weighted by molar-refractivity contribution is 14.1. The monoisotopic (exact) mass is 350 g/mol. The van der Waals surface area contributed by atoms with Gasteiger partial charge in [0, 0.05) is 28.2 Å². The molecule has 0 saturated heterocycles. The van der Waals surface area contributed by atoms with Crippen molar-refractivity contribution in [1.29, 1.82) is 0 Å². The first-order chi connectivity index (χ1) is 7.14. The smallest absolute Gasteiger partial charge is 0.189 e. The molecule has 0 aromatic heterocycles. The summed E-state index contributed by atoms with van der Waals surface area (Å²) in [5.41, 5.74) is -1.39. The number of rotatable bonds is 2. The van der Waals surface area contributed by atoms with E-state index in [1.165, 1.54) is 0 Å². The lowest BCUT2D eigenvalue weighted by Crippen LogP contribution is -2.10. The first-order valence-corrected chi connectivity index (χ1v) is 5.51. The third-order valence-electron chi connectivity index (χ3n) is 2.06. The Morgan fingerprint density at radius 1 is 1.00 bits per heavy atom. The molecule has 0 radical (unpaired) electrons. The maximum Gasteiger partial charge on any atom is 0.416 e. The van der Waals surface area contributed by atoms with Gasteiger partial charge in [-0.3, -0.25) is 0 Å². The number of benzene rings is 1. The predicted octanol–water partition coefficient (Wildman–Crippen LogP) is 4.75. The summed E-state index contributed by atoms with van der Waals surface area (Å²) >= 11 is 0.820. The molecule has 1 aromatic rings. The molecular weight excluding hydrogens is 342 g/mol. The second-order valence-electron chi connectivity index (χ2n) is 3.27. The van der Waals surface area contributed by atoms with E-state index in [-0.39, 0.29) is 12.0 Å². The van der Waals surface area contributed by atoms with Crippen LogP contribution in [0.1, 0.15) is 23.6 Å². The van der Waals surface area contributed by atoms with Crippen molar-refractivity contribution in [2.75, 3.05) is 0 Å². The van der Waals surface area contributed by atoms with Crippen molar-refractivity contribution < 1.29 is 22.0 Å². The van der Waals surface area contributed by atoms with Crippen molar-refractivity contribution in [3.63, 3.8) is 0 Å². The Bertz CT molecular complexity index is 346. The molecule has 0 unspecified atom stereocenters. The van der Waals surface area contributed by atoms with Crippen LogP contribution in [0.2, 0.25) is 0 Å². The van der Waals surface area contributed by atoms with E-state index in [1.807, 2.05) is 0 Å². The fourth-order valence-electron chi connectivity index (χ4n) is 1.22. The molecule has 0 spiro atoms. The molecule has 0 heterocycles. The van der Waals surface area contributed by atoms with E-state index in [0.29, 0.717) is 6.07 Å². The summed E-state index contributed by atoms with van der Waals surface area (Å²) in [4.78, 5) is 0. The topological polar surface area (TPSA) is 0 Å². The molecule has 0 aliphatic carbocycles. The molecular formula is C10H8F5I. The molecule has 0 saturated carbocycles. The third kappa shape index (κ3) is 3.29. The minimum Gasteiger partial charge on any atom is -0.189 e. The van der Waals surface area contributed by atoms with Crippen molar-refractivity contribution in [3.8, 4) is 0 Å². The average Bonchev–Trinajstić information content (AvgIpc) is 2.14. The van der Waals surface area contributed by atoms with Gasteiger partial charge in [0.25, 0.3) is 0 Å². The molecule has 6 heteroatoms. The Hall–Kier alpha value is -0.400. The van der Waals surface area contributed by atoms with Crippen LogP contribution in [0, 0.1) is 0 Å². The van der Waals surface area contributed by atoms with Gasteiger partial charge in [0.15, 0.2) is 0 Å². The van der Waals surface area contributed by atoms with Crippen molar-refractivity contribution in [2.45, 2.75) is 23.5 Å². The van der Waals surface area contributed by atoms with Gasteiger partial charge >= 0.3 is 10.1 Å². The van der Waals surface area contributed by atoms with Crippen LogP contribution in [0.4, 0.5) is 22.0 Å². The molecule has 90 valence electrons. The Morgan fingerprint density at radius 2 is 1.50 bits per heavy atom. The summed E-state index contributed by atoms with van der Waals surface area (Å²) in [6, 6.07) is 2.49. The van der Waals surface area contributed by atoms with E-state index in [0.717, 1.165) is 34.7 Å². The van der Waals surface area contributed by atoms with Gasteiger partial charge < -0.3 is 0 Å². The normalized spacial score (nSPS) is 12.9. The van der Waals surface area contributed by atoms with Crippen LogP contribution in [-0.4, -0.2) is 0 Å². The Balaban J connectivity index is 3.33. The highest BCUT2D eigenvalue weighted by Crippen LogP contribution is 2.39. The fraction of sp³-hybridized carbons (Fsp3) is 0.400. The molecule has 0 fully saturated rings. The highest BCUT2D eigenvalue weighted by Gasteiger charge is 2.34. The zero-order valence-corrected chi connectivity index (χ0v) is 10.4. The van der Waals surface area contributed by atoms with Crippen LogP contribution in [0.5, 0.6) is 0 Å². The molecule has 0 N–H and O–H groups in total. The van der Waals surface area contributed by atoms with Gasteiger partial charge in [-0.05, 0) is 30.2 Å². The minimum absolute atomic E-state index is 0.251.